The molecule has 134 valence electrons. The van der Waals surface area contributed by atoms with Gasteiger partial charge in [0.1, 0.15) is 0 Å². The number of piperidine rings is 1. The number of hydrogen-bond donors (Lipinski definition) is 1. The Labute approximate surface area is 147 Å². The quantitative estimate of drug-likeness (QED) is 0.905. The summed E-state index contributed by atoms with van der Waals surface area (Å²) < 4.78 is 32.0. The Morgan fingerprint density at radius 2 is 1.68 bits per heavy atom. The lowest BCUT2D eigenvalue weighted by Crippen LogP contribution is -2.35. The van der Waals surface area contributed by atoms with Gasteiger partial charge in [0.05, 0.1) is 0 Å². The monoisotopic (exact) mass is 362 g/mol. The van der Waals surface area contributed by atoms with Crippen molar-refractivity contribution in [1.82, 2.24) is 4.31 Å². The van der Waals surface area contributed by atoms with Crippen molar-refractivity contribution < 1.29 is 17.6 Å². The lowest BCUT2D eigenvalue weighted by Gasteiger charge is -2.24. The summed E-state index contributed by atoms with van der Waals surface area (Å²) in [6.07, 6.45) is 2.73. The minimum Gasteiger partial charge on any atom is -0.438 e. The van der Waals surface area contributed by atoms with E-state index >= 15 is 0 Å². The molecule has 2 aromatic rings. The summed E-state index contributed by atoms with van der Waals surface area (Å²) in [6, 6.07) is 8.47. The summed E-state index contributed by atoms with van der Waals surface area (Å²) in [6.45, 7) is 4.79. The number of nitrogens with zero attached hydrogens (tertiary/aromatic N) is 1. The fraction of sp³-hybridized carbons (Fsp3) is 0.389. The van der Waals surface area contributed by atoms with Gasteiger partial charge in [-0.1, -0.05) is 24.6 Å². The standard InChI is InChI=1S/C18H22N2O4S/c1-13-7-6-8-14(2)17(13)19-18(21)15-9-10-16(24-15)25(22,23)20-11-4-3-5-12-20/h6-10H,3-5,11-12H2,1-2H3,(H,19,21). The highest BCUT2D eigenvalue weighted by molar-refractivity contribution is 7.89. The highest BCUT2D eigenvalue weighted by atomic mass is 32.2. The Morgan fingerprint density at radius 3 is 2.32 bits per heavy atom. The van der Waals surface area contributed by atoms with Gasteiger partial charge in [0.2, 0.25) is 5.09 Å². The number of rotatable bonds is 4. The first-order valence-corrected chi connectivity index (χ1v) is 9.81. The summed E-state index contributed by atoms with van der Waals surface area (Å²) in [5.41, 5.74) is 2.58. The number of para-hydroxylation sites is 1. The summed E-state index contributed by atoms with van der Waals surface area (Å²) in [5, 5.41) is 2.62. The first-order valence-electron chi connectivity index (χ1n) is 8.37. The molecule has 2 heterocycles. The van der Waals surface area contributed by atoms with Gasteiger partial charge in [-0.05, 0) is 49.9 Å². The molecule has 0 saturated carbocycles. The summed E-state index contributed by atoms with van der Waals surface area (Å²) in [7, 11) is -3.68. The van der Waals surface area contributed by atoms with E-state index in [9.17, 15) is 13.2 Å². The first-order chi connectivity index (χ1) is 11.9. The lowest BCUT2D eigenvalue weighted by molar-refractivity contribution is 0.0991. The molecule has 0 unspecified atom stereocenters. The van der Waals surface area contributed by atoms with Crippen LogP contribution in [0.5, 0.6) is 0 Å². The second-order valence-corrected chi connectivity index (χ2v) is 8.17. The molecule has 0 atom stereocenters. The minimum atomic E-state index is -3.68. The molecule has 6 nitrogen and oxygen atoms in total. The number of amides is 1. The third kappa shape index (κ3) is 3.62. The Morgan fingerprint density at radius 1 is 1.04 bits per heavy atom. The molecule has 1 N–H and O–H groups in total. The molecule has 1 amide bonds. The molecule has 1 aromatic heterocycles. The van der Waals surface area contributed by atoms with E-state index in [2.05, 4.69) is 5.32 Å². The molecule has 7 heteroatoms. The molecule has 1 aliphatic heterocycles. The van der Waals surface area contributed by atoms with E-state index < -0.39 is 15.9 Å². The van der Waals surface area contributed by atoms with Gasteiger partial charge in [0.15, 0.2) is 5.76 Å². The van der Waals surface area contributed by atoms with Gasteiger partial charge in [-0.3, -0.25) is 4.79 Å². The van der Waals surface area contributed by atoms with E-state index in [1.165, 1.54) is 16.4 Å². The number of benzene rings is 1. The van der Waals surface area contributed by atoms with Crippen LogP contribution < -0.4 is 5.32 Å². The molecule has 1 saturated heterocycles. The first kappa shape index (κ1) is 17.7. The van der Waals surface area contributed by atoms with E-state index in [0.717, 1.165) is 30.4 Å². The maximum Gasteiger partial charge on any atom is 0.291 e. The molecule has 3 rings (SSSR count). The lowest BCUT2D eigenvalue weighted by atomic mass is 10.1. The molecule has 0 bridgehead atoms. The summed E-state index contributed by atoms with van der Waals surface area (Å²) >= 11 is 0. The van der Waals surface area contributed by atoms with Crippen LogP contribution in [0, 0.1) is 13.8 Å². The molecule has 0 aliphatic carbocycles. The number of hydrogen-bond acceptors (Lipinski definition) is 4. The maximum atomic E-state index is 12.6. The Kier molecular flexibility index (Phi) is 4.96. The Hall–Kier alpha value is -2.12. The fourth-order valence-corrected chi connectivity index (χ4v) is 4.43. The van der Waals surface area contributed by atoms with Crippen molar-refractivity contribution in [3.8, 4) is 0 Å². The minimum absolute atomic E-state index is 0.0155. The van der Waals surface area contributed by atoms with Gasteiger partial charge >= 0.3 is 0 Å². The van der Waals surface area contributed by atoms with Gasteiger partial charge in [0, 0.05) is 18.8 Å². The molecular formula is C18H22N2O4S. The van der Waals surface area contributed by atoms with Crippen LogP contribution >= 0.6 is 0 Å². The van der Waals surface area contributed by atoms with Crippen molar-refractivity contribution in [2.24, 2.45) is 0 Å². The van der Waals surface area contributed by atoms with Crippen LogP contribution in [0.1, 0.15) is 40.9 Å². The van der Waals surface area contributed by atoms with Crippen molar-refractivity contribution in [2.75, 3.05) is 18.4 Å². The predicted octanol–water partition coefficient (Wildman–Crippen LogP) is 3.32. The van der Waals surface area contributed by atoms with E-state index in [1.54, 1.807) is 0 Å². The number of sulfonamides is 1. The number of furan rings is 1. The summed E-state index contributed by atoms with van der Waals surface area (Å²) in [4.78, 5) is 12.4. The van der Waals surface area contributed by atoms with E-state index in [1.807, 2.05) is 32.0 Å². The zero-order valence-corrected chi connectivity index (χ0v) is 15.2. The van der Waals surface area contributed by atoms with Gasteiger partial charge in [-0.25, -0.2) is 8.42 Å². The van der Waals surface area contributed by atoms with Gasteiger partial charge < -0.3 is 9.73 Å². The van der Waals surface area contributed by atoms with Crippen molar-refractivity contribution in [3.05, 3.63) is 47.2 Å². The third-order valence-corrected chi connectivity index (χ3v) is 6.21. The van der Waals surface area contributed by atoms with Crippen molar-refractivity contribution in [3.63, 3.8) is 0 Å². The predicted molar refractivity (Wildman–Crippen MR) is 95.2 cm³/mol. The van der Waals surface area contributed by atoms with E-state index in [0.29, 0.717) is 18.8 Å². The second kappa shape index (κ2) is 7.01. The molecule has 1 fully saturated rings. The highest BCUT2D eigenvalue weighted by Gasteiger charge is 2.29. The van der Waals surface area contributed by atoms with Crippen LogP contribution in [0.15, 0.2) is 39.8 Å². The van der Waals surface area contributed by atoms with Crippen molar-refractivity contribution in [1.29, 1.82) is 0 Å². The van der Waals surface area contributed by atoms with Gasteiger partial charge in [-0.2, -0.15) is 4.31 Å². The number of carbonyl (C=O) groups is 1. The van der Waals surface area contributed by atoms with Gasteiger partial charge in [0.25, 0.3) is 15.9 Å². The van der Waals surface area contributed by atoms with Crippen LogP contribution in [-0.2, 0) is 10.0 Å². The Balaban J connectivity index is 1.80. The average molecular weight is 362 g/mol. The van der Waals surface area contributed by atoms with Crippen LogP contribution in [0.4, 0.5) is 5.69 Å². The van der Waals surface area contributed by atoms with Crippen LogP contribution in [0.3, 0.4) is 0 Å². The number of nitrogens with one attached hydrogen (secondary N) is 1. The molecule has 1 aliphatic rings. The number of carbonyl (C=O) groups excluding carboxylic acids is 1. The smallest absolute Gasteiger partial charge is 0.291 e. The summed E-state index contributed by atoms with van der Waals surface area (Å²) in [5.74, 6) is -0.476. The SMILES string of the molecule is Cc1cccc(C)c1NC(=O)c1ccc(S(=O)(=O)N2CCCCC2)o1. The zero-order valence-electron chi connectivity index (χ0n) is 14.4. The van der Waals surface area contributed by atoms with Gasteiger partial charge in [-0.15, -0.1) is 0 Å². The van der Waals surface area contributed by atoms with Crippen LogP contribution in [0.25, 0.3) is 0 Å². The molecular weight excluding hydrogens is 340 g/mol. The largest absolute Gasteiger partial charge is 0.438 e. The number of anilines is 1. The van der Waals surface area contributed by atoms with Crippen molar-refractivity contribution in [2.45, 2.75) is 38.2 Å². The molecule has 1 aromatic carbocycles. The normalized spacial score (nSPS) is 15.9. The second-order valence-electron chi connectivity index (χ2n) is 6.30. The zero-order chi connectivity index (χ0) is 18.0. The highest BCUT2D eigenvalue weighted by Crippen LogP contribution is 2.24. The van der Waals surface area contributed by atoms with Crippen molar-refractivity contribution >= 4 is 21.6 Å². The average Bonchev–Trinajstić information content (AvgIpc) is 3.10. The fourth-order valence-electron chi connectivity index (χ4n) is 3.00. The third-order valence-electron chi connectivity index (χ3n) is 4.43. The maximum absolute atomic E-state index is 12.6. The topological polar surface area (TPSA) is 79.6 Å². The Bertz CT molecular complexity index is 860. The van der Waals surface area contributed by atoms with Crippen LogP contribution in [0.2, 0.25) is 0 Å². The molecule has 0 spiro atoms. The number of aryl methyl sites for hydroxylation is 2. The molecule has 0 radical (unpaired) electrons. The van der Waals surface area contributed by atoms with E-state index in [-0.39, 0.29) is 10.9 Å². The molecule has 25 heavy (non-hydrogen) atoms. The van der Waals surface area contributed by atoms with Crippen LogP contribution in [-0.4, -0.2) is 31.7 Å². The van der Waals surface area contributed by atoms with E-state index in [4.69, 9.17) is 4.42 Å².